The predicted octanol–water partition coefficient (Wildman–Crippen LogP) is 4.11. The Morgan fingerprint density at radius 1 is 0.875 bits per heavy atom. The minimum Gasteiger partial charge on any atom is -0.333 e. The third-order valence-electron chi connectivity index (χ3n) is 3.93. The molecule has 3 aromatic rings. The van der Waals surface area contributed by atoms with Crippen LogP contribution in [0, 0.1) is 13.8 Å². The molecule has 0 fully saturated rings. The fourth-order valence-corrected chi connectivity index (χ4v) is 2.73. The maximum atomic E-state index is 12.9. The Kier molecular flexibility index (Phi) is 4.66. The first-order valence-corrected chi connectivity index (χ1v) is 7.83. The summed E-state index contributed by atoms with van der Waals surface area (Å²) in [6.45, 7) is 4.27. The van der Waals surface area contributed by atoms with E-state index in [0.717, 1.165) is 28.1 Å². The van der Waals surface area contributed by atoms with Crippen molar-refractivity contribution in [3.8, 4) is 0 Å². The molecule has 2 heterocycles. The lowest BCUT2D eigenvalue weighted by molar-refractivity contribution is 0.100. The maximum absolute atomic E-state index is 12.9. The van der Waals surface area contributed by atoms with Crippen molar-refractivity contribution in [2.75, 3.05) is 11.4 Å². The van der Waals surface area contributed by atoms with Gasteiger partial charge in [-0.05, 0) is 43.7 Å². The molecule has 3 rings (SSSR count). The van der Waals surface area contributed by atoms with Crippen molar-refractivity contribution in [1.29, 1.82) is 0 Å². The highest BCUT2D eigenvalue weighted by molar-refractivity contribution is 6.01. The number of pyridine rings is 2. The molecule has 0 bridgehead atoms. The van der Waals surface area contributed by atoms with Gasteiger partial charge in [0.1, 0.15) is 0 Å². The molecule has 2 aromatic heterocycles. The first-order valence-electron chi connectivity index (χ1n) is 7.83. The molecule has 120 valence electrons. The molecular weight excluding hydrogens is 298 g/mol. The molecule has 4 heteroatoms. The van der Waals surface area contributed by atoms with E-state index in [1.165, 1.54) is 0 Å². The average Bonchev–Trinajstić information content (AvgIpc) is 2.61. The second-order valence-electron chi connectivity index (χ2n) is 5.74. The molecular formula is C20H19N3O. The number of Topliss-reactive ketones (excluding diaryl/α,β-unsaturated/α-hetero) is 1. The van der Waals surface area contributed by atoms with Gasteiger partial charge in [-0.15, -0.1) is 0 Å². The number of anilines is 2. The predicted molar refractivity (Wildman–Crippen MR) is 95.7 cm³/mol. The number of aryl methyl sites for hydroxylation is 2. The van der Waals surface area contributed by atoms with Crippen molar-refractivity contribution in [3.63, 3.8) is 0 Å². The zero-order chi connectivity index (χ0) is 16.9. The molecule has 0 aliphatic heterocycles. The number of aromatic nitrogens is 2. The van der Waals surface area contributed by atoms with Gasteiger partial charge in [-0.2, -0.15) is 0 Å². The molecule has 24 heavy (non-hydrogen) atoms. The lowest BCUT2D eigenvalue weighted by Gasteiger charge is -2.24. The van der Waals surface area contributed by atoms with Crippen molar-refractivity contribution < 1.29 is 4.79 Å². The van der Waals surface area contributed by atoms with Crippen LogP contribution < -0.4 is 4.90 Å². The standard InChI is InChI=1S/C20H19N3O/c1-15-3-4-19(16(2)13-15)20(24)14-23(17-5-9-21-10-6-17)18-7-11-22-12-8-18/h3-13H,14H2,1-2H3. The largest absolute Gasteiger partial charge is 0.333 e. The number of rotatable bonds is 5. The minimum atomic E-state index is 0.0844. The van der Waals surface area contributed by atoms with Crippen LogP contribution >= 0.6 is 0 Å². The fourth-order valence-electron chi connectivity index (χ4n) is 2.73. The summed E-state index contributed by atoms with van der Waals surface area (Å²) in [6, 6.07) is 13.5. The number of ketones is 1. The highest BCUT2D eigenvalue weighted by atomic mass is 16.1. The van der Waals surface area contributed by atoms with E-state index in [0.29, 0.717) is 0 Å². The SMILES string of the molecule is Cc1ccc(C(=O)CN(c2ccncc2)c2ccncc2)c(C)c1. The van der Waals surface area contributed by atoms with E-state index in [1.807, 2.05) is 61.2 Å². The number of hydrogen-bond acceptors (Lipinski definition) is 4. The van der Waals surface area contributed by atoms with Gasteiger partial charge in [0, 0.05) is 41.7 Å². The normalized spacial score (nSPS) is 10.4. The van der Waals surface area contributed by atoms with Crippen molar-refractivity contribution in [1.82, 2.24) is 9.97 Å². The van der Waals surface area contributed by atoms with Crippen LogP contribution in [0.5, 0.6) is 0 Å². The summed E-state index contributed by atoms with van der Waals surface area (Å²) in [5.74, 6) is 0.0844. The van der Waals surface area contributed by atoms with Crippen LogP contribution in [-0.2, 0) is 0 Å². The second kappa shape index (κ2) is 7.04. The first-order chi connectivity index (χ1) is 11.6. The molecule has 0 radical (unpaired) electrons. The number of hydrogen-bond donors (Lipinski definition) is 0. The van der Waals surface area contributed by atoms with E-state index in [2.05, 4.69) is 9.97 Å². The molecule has 1 aromatic carbocycles. The molecule has 0 aliphatic carbocycles. The van der Waals surface area contributed by atoms with Gasteiger partial charge < -0.3 is 4.90 Å². The molecule has 0 N–H and O–H groups in total. The summed E-state index contributed by atoms with van der Waals surface area (Å²) in [6.07, 6.45) is 6.91. The molecule has 0 aliphatic rings. The third-order valence-corrected chi connectivity index (χ3v) is 3.93. The summed E-state index contributed by atoms with van der Waals surface area (Å²) in [7, 11) is 0. The molecule has 0 saturated carbocycles. The minimum absolute atomic E-state index is 0.0844. The zero-order valence-corrected chi connectivity index (χ0v) is 13.8. The van der Waals surface area contributed by atoms with Gasteiger partial charge in [0.05, 0.1) is 6.54 Å². The zero-order valence-electron chi connectivity index (χ0n) is 13.8. The van der Waals surface area contributed by atoms with Crippen molar-refractivity contribution >= 4 is 17.2 Å². The molecule has 0 spiro atoms. The Bertz CT molecular complexity index is 793. The van der Waals surface area contributed by atoms with E-state index in [-0.39, 0.29) is 12.3 Å². The Morgan fingerprint density at radius 2 is 1.42 bits per heavy atom. The van der Waals surface area contributed by atoms with Crippen LogP contribution in [0.25, 0.3) is 0 Å². The van der Waals surface area contributed by atoms with Crippen LogP contribution in [0.2, 0.25) is 0 Å². The Morgan fingerprint density at radius 3 is 1.92 bits per heavy atom. The lowest BCUT2D eigenvalue weighted by Crippen LogP contribution is -2.26. The summed E-state index contributed by atoms with van der Waals surface area (Å²) in [5.41, 5.74) is 4.77. The lowest BCUT2D eigenvalue weighted by atomic mass is 10.0. The van der Waals surface area contributed by atoms with E-state index in [1.54, 1.807) is 24.8 Å². The van der Waals surface area contributed by atoms with Crippen molar-refractivity contribution in [2.45, 2.75) is 13.8 Å². The van der Waals surface area contributed by atoms with Crippen LogP contribution in [0.15, 0.2) is 67.3 Å². The second-order valence-corrected chi connectivity index (χ2v) is 5.74. The molecule has 0 amide bonds. The van der Waals surface area contributed by atoms with Crippen LogP contribution in [0.3, 0.4) is 0 Å². The van der Waals surface area contributed by atoms with Crippen LogP contribution in [0.4, 0.5) is 11.4 Å². The number of nitrogens with zero attached hydrogens (tertiary/aromatic N) is 3. The summed E-state index contributed by atoms with van der Waals surface area (Å²) in [4.78, 5) is 23.0. The monoisotopic (exact) mass is 317 g/mol. The third kappa shape index (κ3) is 3.49. The van der Waals surface area contributed by atoms with E-state index >= 15 is 0 Å². The van der Waals surface area contributed by atoms with Crippen LogP contribution in [-0.4, -0.2) is 22.3 Å². The highest BCUT2D eigenvalue weighted by Crippen LogP contribution is 2.25. The molecule has 4 nitrogen and oxygen atoms in total. The van der Waals surface area contributed by atoms with Crippen LogP contribution in [0.1, 0.15) is 21.5 Å². The van der Waals surface area contributed by atoms with Gasteiger partial charge in [0.25, 0.3) is 0 Å². The van der Waals surface area contributed by atoms with Crippen molar-refractivity contribution in [3.05, 3.63) is 83.9 Å². The fraction of sp³-hybridized carbons (Fsp3) is 0.150. The number of benzene rings is 1. The van der Waals surface area contributed by atoms with Gasteiger partial charge >= 0.3 is 0 Å². The van der Waals surface area contributed by atoms with Gasteiger partial charge in [-0.1, -0.05) is 23.8 Å². The topological polar surface area (TPSA) is 46.1 Å². The quantitative estimate of drug-likeness (QED) is 0.664. The summed E-state index contributed by atoms with van der Waals surface area (Å²) >= 11 is 0. The Hall–Kier alpha value is -3.01. The Labute approximate surface area is 141 Å². The van der Waals surface area contributed by atoms with E-state index in [9.17, 15) is 4.79 Å². The number of carbonyl (C=O) groups excluding carboxylic acids is 1. The van der Waals surface area contributed by atoms with Gasteiger partial charge in [-0.3, -0.25) is 14.8 Å². The smallest absolute Gasteiger partial charge is 0.182 e. The molecule has 0 saturated heterocycles. The Balaban J connectivity index is 1.94. The molecule has 0 atom stereocenters. The van der Waals surface area contributed by atoms with Gasteiger partial charge in [0.15, 0.2) is 5.78 Å². The summed E-state index contributed by atoms with van der Waals surface area (Å²) in [5, 5.41) is 0. The highest BCUT2D eigenvalue weighted by Gasteiger charge is 2.16. The van der Waals surface area contributed by atoms with Gasteiger partial charge in [-0.25, -0.2) is 0 Å². The van der Waals surface area contributed by atoms with Crippen molar-refractivity contribution in [2.24, 2.45) is 0 Å². The average molecular weight is 317 g/mol. The summed E-state index contributed by atoms with van der Waals surface area (Å²) < 4.78 is 0. The first kappa shape index (κ1) is 15.9. The maximum Gasteiger partial charge on any atom is 0.182 e. The van der Waals surface area contributed by atoms with E-state index in [4.69, 9.17) is 0 Å². The number of carbonyl (C=O) groups is 1. The van der Waals surface area contributed by atoms with Gasteiger partial charge in [0.2, 0.25) is 0 Å². The molecule has 0 unspecified atom stereocenters. The van der Waals surface area contributed by atoms with E-state index < -0.39 is 0 Å².